The first kappa shape index (κ1) is 12.4. The van der Waals surface area contributed by atoms with Gasteiger partial charge in [0.2, 0.25) is 0 Å². The summed E-state index contributed by atoms with van der Waals surface area (Å²) in [4.78, 5) is 14.2. The van der Waals surface area contributed by atoms with Gasteiger partial charge in [0.1, 0.15) is 0 Å². The minimum absolute atomic E-state index is 0.0233. The average molecular weight is 254 g/mol. The van der Waals surface area contributed by atoms with Crippen molar-refractivity contribution in [3.05, 3.63) is 34.9 Å². The standard InChI is InChI=1S/C13H16ClNO2/c1-9-8-17-10(2)7-15(9)13(16)11-4-3-5-12(14)6-11/h3-6,9-10H,7-8H2,1-2H3. The minimum atomic E-state index is 0.0233. The predicted octanol–water partition coefficient (Wildman–Crippen LogP) is 2.59. The number of benzene rings is 1. The normalized spacial score (nSPS) is 24.8. The molecule has 3 nitrogen and oxygen atoms in total. The van der Waals surface area contributed by atoms with Gasteiger partial charge in [-0.1, -0.05) is 17.7 Å². The molecule has 0 radical (unpaired) electrons. The van der Waals surface area contributed by atoms with E-state index in [1.165, 1.54) is 0 Å². The molecule has 2 atom stereocenters. The van der Waals surface area contributed by atoms with E-state index in [1.807, 2.05) is 18.7 Å². The van der Waals surface area contributed by atoms with E-state index in [4.69, 9.17) is 16.3 Å². The monoisotopic (exact) mass is 253 g/mol. The molecule has 2 rings (SSSR count). The fourth-order valence-corrected chi connectivity index (χ4v) is 2.16. The fraction of sp³-hybridized carbons (Fsp3) is 0.462. The van der Waals surface area contributed by atoms with Crippen molar-refractivity contribution in [1.82, 2.24) is 4.90 Å². The molecule has 0 aromatic heterocycles. The summed E-state index contributed by atoms with van der Waals surface area (Å²) in [6.07, 6.45) is 0.0920. The number of morpholine rings is 1. The highest BCUT2D eigenvalue weighted by Gasteiger charge is 2.28. The summed E-state index contributed by atoms with van der Waals surface area (Å²) in [5, 5.41) is 0.588. The summed E-state index contributed by atoms with van der Waals surface area (Å²) in [6, 6.07) is 7.17. The molecule has 4 heteroatoms. The van der Waals surface area contributed by atoms with Crippen LogP contribution in [0.25, 0.3) is 0 Å². The van der Waals surface area contributed by atoms with Crippen LogP contribution in [0, 0.1) is 0 Å². The second-order valence-electron chi connectivity index (χ2n) is 4.46. The Morgan fingerprint density at radius 3 is 2.94 bits per heavy atom. The molecule has 0 spiro atoms. The number of carbonyl (C=O) groups is 1. The van der Waals surface area contributed by atoms with Crippen LogP contribution in [-0.2, 0) is 4.74 Å². The number of hydrogen-bond donors (Lipinski definition) is 0. The average Bonchev–Trinajstić information content (AvgIpc) is 2.31. The summed E-state index contributed by atoms with van der Waals surface area (Å²) in [6.45, 7) is 5.19. The minimum Gasteiger partial charge on any atom is -0.375 e. The van der Waals surface area contributed by atoms with Gasteiger partial charge in [-0.2, -0.15) is 0 Å². The molecule has 1 saturated heterocycles. The lowest BCUT2D eigenvalue weighted by Crippen LogP contribution is -2.50. The van der Waals surface area contributed by atoms with Crippen molar-refractivity contribution in [2.45, 2.75) is 26.0 Å². The van der Waals surface area contributed by atoms with Crippen molar-refractivity contribution in [1.29, 1.82) is 0 Å². The Hall–Kier alpha value is -1.06. The van der Waals surface area contributed by atoms with Crippen molar-refractivity contribution in [2.75, 3.05) is 13.2 Å². The van der Waals surface area contributed by atoms with Gasteiger partial charge < -0.3 is 9.64 Å². The molecule has 2 unspecified atom stereocenters. The van der Waals surface area contributed by atoms with Crippen LogP contribution >= 0.6 is 11.6 Å². The van der Waals surface area contributed by atoms with E-state index in [2.05, 4.69) is 0 Å². The smallest absolute Gasteiger partial charge is 0.254 e. The fourth-order valence-electron chi connectivity index (χ4n) is 1.97. The Morgan fingerprint density at radius 1 is 1.47 bits per heavy atom. The van der Waals surface area contributed by atoms with Crippen LogP contribution in [-0.4, -0.2) is 36.1 Å². The predicted molar refractivity (Wildman–Crippen MR) is 67.4 cm³/mol. The van der Waals surface area contributed by atoms with E-state index in [-0.39, 0.29) is 18.1 Å². The van der Waals surface area contributed by atoms with E-state index in [0.717, 1.165) is 0 Å². The summed E-state index contributed by atoms with van der Waals surface area (Å²) in [5.74, 6) is 0.0233. The number of halogens is 1. The lowest BCUT2D eigenvalue weighted by atomic mass is 10.1. The van der Waals surface area contributed by atoms with Gasteiger partial charge in [-0.25, -0.2) is 0 Å². The second-order valence-corrected chi connectivity index (χ2v) is 4.90. The molecule has 1 aliphatic heterocycles. The van der Waals surface area contributed by atoms with Gasteiger partial charge in [0.15, 0.2) is 0 Å². The molecule has 17 heavy (non-hydrogen) atoms. The number of nitrogens with zero attached hydrogens (tertiary/aromatic N) is 1. The van der Waals surface area contributed by atoms with E-state index in [1.54, 1.807) is 24.3 Å². The van der Waals surface area contributed by atoms with Crippen molar-refractivity contribution >= 4 is 17.5 Å². The SMILES string of the molecule is CC1CN(C(=O)c2cccc(Cl)c2)C(C)CO1. The lowest BCUT2D eigenvalue weighted by Gasteiger charge is -2.36. The highest BCUT2D eigenvalue weighted by atomic mass is 35.5. The van der Waals surface area contributed by atoms with Gasteiger partial charge >= 0.3 is 0 Å². The van der Waals surface area contributed by atoms with Crippen LogP contribution in [0.2, 0.25) is 5.02 Å². The highest BCUT2D eigenvalue weighted by Crippen LogP contribution is 2.17. The van der Waals surface area contributed by atoms with Crippen molar-refractivity contribution in [3.8, 4) is 0 Å². The van der Waals surface area contributed by atoms with Gasteiger partial charge in [-0.3, -0.25) is 4.79 Å². The first-order valence-corrected chi connectivity index (χ1v) is 6.14. The maximum atomic E-state index is 12.3. The summed E-state index contributed by atoms with van der Waals surface area (Å²) >= 11 is 5.90. The maximum Gasteiger partial charge on any atom is 0.254 e. The van der Waals surface area contributed by atoms with Crippen LogP contribution in [0.15, 0.2) is 24.3 Å². The summed E-state index contributed by atoms with van der Waals surface area (Å²) in [5.41, 5.74) is 0.637. The molecule has 0 saturated carbocycles. The topological polar surface area (TPSA) is 29.5 Å². The molecule has 1 amide bonds. The lowest BCUT2D eigenvalue weighted by molar-refractivity contribution is -0.0387. The van der Waals surface area contributed by atoms with Gasteiger partial charge in [-0.05, 0) is 32.0 Å². The number of ether oxygens (including phenoxy) is 1. The zero-order valence-corrected chi connectivity index (χ0v) is 10.8. The zero-order chi connectivity index (χ0) is 12.4. The zero-order valence-electron chi connectivity index (χ0n) is 10.0. The highest BCUT2D eigenvalue weighted by molar-refractivity contribution is 6.30. The molecule has 1 heterocycles. The summed E-state index contributed by atoms with van der Waals surface area (Å²) in [7, 11) is 0. The number of rotatable bonds is 1. The third kappa shape index (κ3) is 2.79. The van der Waals surface area contributed by atoms with Crippen LogP contribution in [0.1, 0.15) is 24.2 Å². The molecule has 1 fully saturated rings. The molecule has 1 aromatic rings. The largest absolute Gasteiger partial charge is 0.375 e. The molecule has 1 aromatic carbocycles. The molecular weight excluding hydrogens is 238 g/mol. The van der Waals surface area contributed by atoms with Crippen molar-refractivity contribution in [2.24, 2.45) is 0 Å². The molecule has 0 N–H and O–H groups in total. The Kier molecular flexibility index (Phi) is 3.69. The number of amides is 1. The first-order valence-electron chi connectivity index (χ1n) is 5.76. The van der Waals surface area contributed by atoms with E-state index in [9.17, 15) is 4.79 Å². The van der Waals surface area contributed by atoms with Gasteiger partial charge in [0, 0.05) is 17.1 Å². The van der Waals surface area contributed by atoms with Crippen molar-refractivity contribution in [3.63, 3.8) is 0 Å². The van der Waals surface area contributed by atoms with Gasteiger partial charge in [0.05, 0.1) is 18.8 Å². The Bertz CT molecular complexity index is 422. The maximum absolute atomic E-state index is 12.3. The Labute approximate surface area is 106 Å². The third-order valence-electron chi connectivity index (χ3n) is 2.94. The number of carbonyl (C=O) groups excluding carboxylic acids is 1. The summed E-state index contributed by atoms with van der Waals surface area (Å²) < 4.78 is 5.51. The molecule has 0 bridgehead atoms. The van der Waals surface area contributed by atoms with Crippen LogP contribution < -0.4 is 0 Å². The van der Waals surface area contributed by atoms with Gasteiger partial charge in [0.25, 0.3) is 5.91 Å². The molecular formula is C13H16ClNO2. The second kappa shape index (κ2) is 5.07. The van der Waals surface area contributed by atoms with E-state index >= 15 is 0 Å². The van der Waals surface area contributed by atoms with Crippen LogP contribution in [0.4, 0.5) is 0 Å². The Morgan fingerprint density at radius 2 is 2.24 bits per heavy atom. The van der Waals surface area contributed by atoms with Crippen LogP contribution in [0.5, 0.6) is 0 Å². The van der Waals surface area contributed by atoms with Crippen molar-refractivity contribution < 1.29 is 9.53 Å². The molecule has 1 aliphatic rings. The third-order valence-corrected chi connectivity index (χ3v) is 3.18. The van der Waals surface area contributed by atoms with E-state index < -0.39 is 0 Å². The number of hydrogen-bond acceptors (Lipinski definition) is 2. The van der Waals surface area contributed by atoms with Crippen LogP contribution in [0.3, 0.4) is 0 Å². The van der Waals surface area contributed by atoms with Gasteiger partial charge in [-0.15, -0.1) is 0 Å². The van der Waals surface area contributed by atoms with E-state index in [0.29, 0.717) is 23.7 Å². The quantitative estimate of drug-likeness (QED) is 0.770. The first-order chi connectivity index (χ1) is 8.08. The molecule has 0 aliphatic carbocycles. The molecule has 92 valence electrons. The Balaban J connectivity index is 2.18.